The van der Waals surface area contributed by atoms with Crippen molar-refractivity contribution in [1.29, 1.82) is 0 Å². The first kappa shape index (κ1) is 12.4. The third-order valence-electron chi connectivity index (χ3n) is 2.75. The van der Waals surface area contributed by atoms with Gasteiger partial charge < -0.3 is 14.2 Å². The Labute approximate surface area is 101 Å². The monoisotopic (exact) mass is 241 g/mol. The summed E-state index contributed by atoms with van der Waals surface area (Å²) in [5.74, 6) is 0. The lowest BCUT2D eigenvalue weighted by Crippen LogP contribution is -2.45. The number of methoxy groups -OCH3 is 1. The second-order valence-electron chi connectivity index (χ2n) is 5.26. The standard InChI is InChI=1S/C12H19NO4/c1-12(2,3)17-10(14)13-8-6-5-7-9(8)16-11(13)15-4/h5,7-9,11H,6H2,1-4H3/t8-,9+,11?/m1/s1. The maximum Gasteiger partial charge on any atom is 0.414 e. The van der Waals surface area contributed by atoms with E-state index >= 15 is 0 Å². The summed E-state index contributed by atoms with van der Waals surface area (Å²) in [5, 5.41) is 0. The molecule has 0 radical (unpaired) electrons. The maximum absolute atomic E-state index is 12.1. The second-order valence-corrected chi connectivity index (χ2v) is 5.26. The molecule has 0 saturated carbocycles. The van der Waals surface area contributed by atoms with Gasteiger partial charge in [0.05, 0.1) is 6.04 Å². The molecule has 0 aromatic carbocycles. The van der Waals surface area contributed by atoms with Crippen molar-refractivity contribution >= 4 is 6.09 Å². The van der Waals surface area contributed by atoms with E-state index in [0.717, 1.165) is 6.42 Å². The van der Waals surface area contributed by atoms with Crippen LogP contribution in [0, 0.1) is 0 Å². The highest BCUT2D eigenvalue weighted by Crippen LogP contribution is 2.32. The van der Waals surface area contributed by atoms with Crippen molar-refractivity contribution in [3.63, 3.8) is 0 Å². The third kappa shape index (κ3) is 2.45. The van der Waals surface area contributed by atoms with Crippen LogP contribution in [-0.4, -0.2) is 42.3 Å². The lowest BCUT2D eigenvalue weighted by Gasteiger charge is -2.29. The summed E-state index contributed by atoms with van der Waals surface area (Å²) in [4.78, 5) is 13.6. The van der Waals surface area contributed by atoms with E-state index in [0.29, 0.717) is 0 Å². The number of carbonyl (C=O) groups excluding carboxylic acids is 1. The zero-order valence-corrected chi connectivity index (χ0v) is 10.7. The Morgan fingerprint density at radius 2 is 2.18 bits per heavy atom. The highest BCUT2D eigenvalue weighted by Gasteiger charge is 2.47. The first-order valence-electron chi connectivity index (χ1n) is 5.78. The van der Waals surface area contributed by atoms with Gasteiger partial charge in [0.1, 0.15) is 11.7 Å². The van der Waals surface area contributed by atoms with E-state index < -0.39 is 12.0 Å². The Bertz CT molecular complexity index is 334. The van der Waals surface area contributed by atoms with Crippen LogP contribution in [0.3, 0.4) is 0 Å². The van der Waals surface area contributed by atoms with Gasteiger partial charge in [-0.15, -0.1) is 0 Å². The van der Waals surface area contributed by atoms with E-state index in [4.69, 9.17) is 14.2 Å². The largest absolute Gasteiger partial charge is 0.444 e. The van der Waals surface area contributed by atoms with Crippen LogP contribution >= 0.6 is 0 Å². The second kappa shape index (κ2) is 4.31. The molecule has 0 bridgehead atoms. The zero-order valence-electron chi connectivity index (χ0n) is 10.7. The molecule has 3 atom stereocenters. The minimum absolute atomic E-state index is 0.00481. The number of rotatable bonds is 1. The quantitative estimate of drug-likeness (QED) is 0.658. The Hall–Kier alpha value is -1.07. The minimum atomic E-state index is -0.648. The van der Waals surface area contributed by atoms with Gasteiger partial charge >= 0.3 is 6.09 Å². The molecule has 17 heavy (non-hydrogen) atoms. The smallest absolute Gasteiger partial charge is 0.414 e. The van der Waals surface area contributed by atoms with Gasteiger partial charge in [-0.3, -0.25) is 4.90 Å². The first-order chi connectivity index (χ1) is 7.92. The van der Waals surface area contributed by atoms with E-state index in [1.54, 1.807) is 0 Å². The van der Waals surface area contributed by atoms with Gasteiger partial charge in [-0.05, 0) is 27.2 Å². The molecule has 1 fully saturated rings. The molecule has 1 saturated heterocycles. The summed E-state index contributed by atoms with van der Waals surface area (Å²) >= 11 is 0. The minimum Gasteiger partial charge on any atom is -0.444 e. The lowest BCUT2D eigenvalue weighted by molar-refractivity contribution is -0.161. The topological polar surface area (TPSA) is 48.0 Å². The van der Waals surface area contributed by atoms with E-state index in [9.17, 15) is 4.79 Å². The van der Waals surface area contributed by atoms with Crippen LogP contribution in [0.4, 0.5) is 4.79 Å². The summed E-state index contributed by atoms with van der Waals surface area (Å²) in [5.41, 5.74) is -0.514. The predicted molar refractivity (Wildman–Crippen MR) is 61.3 cm³/mol. The Morgan fingerprint density at radius 3 is 2.76 bits per heavy atom. The number of carbonyl (C=O) groups is 1. The summed E-state index contributed by atoms with van der Waals surface area (Å²) in [7, 11) is 1.52. The molecule has 0 N–H and O–H groups in total. The van der Waals surface area contributed by atoms with Crippen molar-refractivity contribution in [2.45, 2.75) is 51.4 Å². The van der Waals surface area contributed by atoms with Crippen LogP contribution < -0.4 is 0 Å². The molecule has 0 spiro atoms. The highest BCUT2D eigenvalue weighted by molar-refractivity contribution is 5.69. The Balaban J connectivity index is 2.10. The van der Waals surface area contributed by atoms with E-state index in [-0.39, 0.29) is 18.2 Å². The van der Waals surface area contributed by atoms with Gasteiger partial charge in [0.25, 0.3) is 0 Å². The van der Waals surface area contributed by atoms with Crippen molar-refractivity contribution in [3.8, 4) is 0 Å². The molecule has 5 nitrogen and oxygen atoms in total. The van der Waals surface area contributed by atoms with Gasteiger partial charge in [-0.1, -0.05) is 12.2 Å². The molecule has 1 heterocycles. The Morgan fingerprint density at radius 1 is 1.47 bits per heavy atom. The van der Waals surface area contributed by atoms with Crippen molar-refractivity contribution in [1.82, 2.24) is 4.90 Å². The summed E-state index contributed by atoms with van der Waals surface area (Å²) in [6.07, 6.45) is 3.64. The third-order valence-corrected chi connectivity index (χ3v) is 2.75. The maximum atomic E-state index is 12.1. The average molecular weight is 241 g/mol. The molecule has 96 valence electrons. The van der Waals surface area contributed by atoms with Crippen LogP contribution in [0.5, 0.6) is 0 Å². The molecule has 1 aliphatic carbocycles. The van der Waals surface area contributed by atoms with Crippen LogP contribution in [0.2, 0.25) is 0 Å². The van der Waals surface area contributed by atoms with E-state index in [1.165, 1.54) is 12.0 Å². The fourth-order valence-electron chi connectivity index (χ4n) is 2.08. The number of fused-ring (bicyclic) bond motifs is 1. The molecule has 0 aromatic rings. The summed E-state index contributed by atoms with van der Waals surface area (Å²) in [6, 6.07) is -0.00481. The summed E-state index contributed by atoms with van der Waals surface area (Å²) < 4.78 is 16.1. The van der Waals surface area contributed by atoms with E-state index in [2.05, 4.69) is 0 Å². The van der Waals surface area contributed by atoms with Crippen LogP contribution in [0.15, 0.2) is 12.2 Å². The van der Waals surface area contributed by atoms with Gasteiger partial charge in [0.2, 0.25) is 6.41 Å². The fourth-order valence-corrected chi connectivity index (χ4v) is 2.08. The van der Waals surface area contributed by atoms with E-state index in [1.807, 2.05) is 32.9 Å². The molecule has 5 heteroatoms. The molecule has 1 amide bonds. The van der Waals surface area contributed by atoms with Crippen molar-refractivity contribution in [2.24, 2.45) is 0 Å². The lowest BCUT2D eigenvalue weighted by atomic mass is 10.2. The molecular formula is C12H19NO4. The number of hydrogen-bond acceptors (Lipinski definition) is 4. The number of nitrogens with zero attached hydrogens (tertiary/aromatic N) is 1. The first-order valence-corrected chi connectivity index (χ1v) is 5.78. The SMILES string of the molecule is COC1O[C@H]2C=CC[C@H]2N1C(=O)OC(C)(C)C. The van der Waals surface area contributed by atoms with Crippen molar-refractivity contribution in [3.05, 3.63) is 12.2 Å². The molecular weight excluding hydrogens is 222 g/mol. The highest BCUT2D eigenvalue weighted by atomic mass is 16.7. The number of hydrogen-bond donors (Lipinski definition) is 0. The van der Waals surface area contributed by atoms with Crippen LogP contribution in [-0.2, 0) is 14.2 Å². The Kier molecular flexibility index (Phi) is 3.14. The normalized spacial score (nSPS) is 31.8. The van der Waals surface area contributed by atoms with Gasteiger partial charge in [0.15, 0.2) is 0 Å². The molecule has 1 unspecified atom stereocenters. The zero-order chi connectivity index (χ0) is 12.6. The van der Waals surface area contributed by atoms with Gasteiger partial charge in [-0.25, -0.2) is 4.79 Å². The van der Waals surface area contributed by atoms with Gasteiger partial charge in [0, 0.05) is 7.11 Å². The number of ether oxygens (including phenoxy) is 3. The number of amides is 1. The van der Waals surface area contributed by atoms with Crippen molar-refractivity contribution < 1.29 is 19.0 Å². The molecule has 2 rings (SSSR count). The molecule has 0 aromatic heterocycles. The predicted octanol–water partition coefficient (Wildman–Crippen LogP) is 1.88. The summed E-state index contributed by atoms with van der Waals surface area (Å²) in [6.45, 7) is 5.52. The average Bonchev–Trinajstić information content (AvgIpc) is 2.71. The molecule has 1 aliphatic heterocycles. The van der Waals surface area contributed by atoms with Gasteiger partial charge in [-0.2, -0.15) is 0 Å². The van der Waals surface area contributed by atoms with Crippen molar-refractivity contribution in [2.75, 3.05) is 7.11 Å². The fraction of sp³-hybridized carbons (Fsp3) is 0.750. The van der Waals surface area contributed by atoms with Crippen LogP contribution in [0.1, 0.15) is 27.2 Å². The van der Waals surface area contributed by atoms with Crippen LogP contribution in [0.25, 0.3) is 0 Å². The molecule has 2 aliphatic rings.